The largest absolute Gasteiger partial charge is 0.389 e. The van der Waals surface area contributed by atoms with Crippen LogP contribution in [-0.4, -0.2) is 30.9 Å². The predicted molar refractivity (Wildman–Crippen MR) is 105 cm³/mol. The molecule has 0 fully saturated rings. The molecule has 0 saturated heterocycles. The summed E-state index contributed by atoms with van der Waals surface area (Å²) < 4.78 is 1.56. The van der Waals surface area contributed by atoms with E-state index in [0.29, 0.717) is 11.5 Å². The molecule has 7 nitrogen and oxygen atoms in total. The monoisotopic (exact) mass is 370 g/mol. The molecule has 0 spiro atoms. The van der Waals surface area contributed by atoms with Gasteiger partial charge in [0, 0.05) is 18.2 Å². The molecule has 4 rings (SSSR count). The minimum absolute atomic E-state index is 0.238. The van der Waals surface area contributed by atoms with E-state index in [4.69, 9.17) is 4.84 Å². The van der Waals surface area contributed by atoms with E-state index in [1.54, 1.807) is 11.7 Å². The number of oxime groups is 1. The molecule has 0 atom stereocenters. The number of tetrazole rings is 1. The number of nitrogens with zero attached hydrogens (tertiary/aromatic N) is 6. The van der Waals surface area contributed by atoms with E-state index < -0.39 is 0 Å². The fourth-order valence-corrected chi connectivity index (χ4v) is 2.74. The second kappa shape index (κ2) is 8.22. The Hall–Kier alpha value is -3.87. The number of benzene rings is 2. The number of pyridine rings is 1. The van der Waals surface area contributed by atoms with Gasteiger partial charge in [-0.25, -0.2) is 9.67 Å². The van der Waals surface area contributed by atoms with Crippen LogP contribution in [-0.2, 0) is 18.5 Å². The number of hydrogen-bond donors (Lipinski definition) is 0. The fraction of sp³-hybridized carbons (Fsp3) is 0.0952. The minimum atomic E-state index is 0.238. The maximum absolute atomic E-state index is 5.62. The van der Waals surface area contributed by atoms with Gasteiger partial charge in [0.2, 0.25) is 5.82 Å². The fourth-order valence-electron chi connectivity index (χ4n) is 2.74. The highest BCUT2D eigenvalue weighted by Gasteiger charge is 2.14. The Morgan fingerprint density at radius 2 is 1.68 bits per heavy atom. The van der Waals surface area contributed by atoms with Crippen molar-refractivity contribution in [1.82, 2.24) is 25.2 Å². The maximum Gasteiger partial charge on any atom is 0.204 e. The van der Waals surface area contributed by atoms with Crippen LogP contribution < -0.4 is 0 Å². The van der Waals surface area contributed by atoms with Crippen LogP contribution in [0.1, 0.15) is 17.1 Å². The normalized spacial score (nSPS) is 11.4. The molecule has 0 unspecified atom stereocenters. The van der Waals surface area contributed by atoms with Crippen LogP contribution in [0.5, 0.6) is 0 Å². The second-order valence-electron chi connectivity index (χ2n) is 6.09. The standard InChI is InChI=1S/C21H18N6O/c1-27-21(23-25-26-27)20(17-11-6-3-7-12-17)24-28-15-18-13-8-14-19(22-18)16-9-4-2-5-10-16/h2-14H,15H2,1H3/b24-20+. The average Bonchev–Trinajstić information content (AvgIpc) is 3.18. The molecule has 0 radical (unpaired) electrons. The van der Waals surface area contributed by atoms with Gasteiger partial charge in [0.1, 0.15) is 0 Å². The van der Waals surface area contributed by atoms with E-state index in [0.717, 1.165) is 22.5 Å². The molecule has 2 aromatic carbocycles. The Bertz CT molecular complexity index is 1080. The summed E-state index contributed by atoms with van der Waals surface area (Å²) in [6, 6.07) is 25.5. The van der Waals surface area contributed by atoms with E-state index in [9.17, 15) is 0 Å². The molecule has 28 heavy (non-hydrogen) atoms. The van der Waals surface area contributed by atoms with Gasteiger partial charge in [0.15, 0.2) is 12.3 Å². The van der Waals surface area contributed by atoms with Crippen molar-refractivity contribution in [2.45, 2.75) is 6.61 Å². The van der Waals surface area contributed by atoms with Gasteiger partial charge < -0.3 is 4.84 Å². The van der Waals surface area contributed by atoms with Crippen LogP contribution in [0.25, 0.3) is 11.3 Å². The van der Waals surface area contributed by atoms with Crippen LogP contribution in [0.3, 0.4) is 0 Å². The topological polar surface area (TPSA) is 78.1 Å². The molecular weight excluding hydrogens is 352 g/mol. The first-order valence-corrected chi connectivity index (χ1v) is 8.81. The van der Waals surface area contributed by atoms with Gasteiger partial charge in [-0.3, -0.25) is 0 Å². The smallest absolute Gasteiger partial charge is 0.204 e. The van der Waals surface area contributed by atoms with Crippen molar-refractivity contribution in [2.24, 2.45) is 12.2 Å². The molecule has 7 heteroatoms. The van der Waals surface area contributed by atoms with Gasteiger partial charge in [0.25, 0.3) is 0 Å². The molecule has 138 valence electrons. The van der Waals surface area contributed by atoms with Crippen LogP contribution in [0.4, 0.5) is 0 Å². The van der Waals surface area contributed by atoms with Gasteiger partial charge in [-0.15, -0.1) is 5.10 Å². The lowest BCUT2D eigenvalue weighted by Gasteiger charge is -2.07. The minimum Gasteiger partial charge on any atom is -0.389 e. The molecule has 2 aromatic heterocycles. The van der Waals surface area contributed by atoms with Crippen molar-refractivity contribution in [3.05, 3.63) is 95.9 Å². The first-order chi connectivity index (χ1) is 13.8. The van der Waals surface area contributed by atoms with Crippen LogP contribution in [0, 0.1) is 0 Å². The van der Waals surface area contributed by atoms with E-state index in [2.05, 4.69) is 25.7 Å². The summed E-state index contributed by atoms with van der Waals surface area (Å²) in [5.74, 6) is 0.525. The van der Waals surface area contributed by atoms with Crippen molar-refractivity contribution in [2.75, 3.05) is 0 Å². The van der Waals surface area contributed by atoms with Gasteiger partial charge >= 0.3 is 0 Å². The van der Waals surface area contributed by atoms with Crippen LogP contribution in [0.2, 0.25) is 0 Å². The third-order valence-electron chi connectivity index (χ3n) is 4.12. The molecule has 4 aromatic rings. The molecule has 0 amide bonds. The first kappa shape index (κ1) is 17.5. The first-order valence-electron chi connectivity index (χ1n) is 8.81. The number of hydrogen-bond acceptors (Lipinski definition) is 6. The van der Waals surface area contributed by atoms with Gasteiger partial charge in [0.05, 0.1) is 11.4 Å². The highest BCUT2D eigenvalue weighted by atomic mass is 16.6. The van der Waals surface area contributed by atoms with Crippen molar-refractivity contribution >= 4 is 5.71 Å². The Kier molecular flexibility index (Phi) is 5.15. The van der Waals surface area contributed by atoms with Crippen LogP contribution in [0.15, 0.2) is 84.0 Å². The Morgan fingerprint density at radius 3 is 2.39 bits per heavy atom. The quantitative estimate of drug-likeness (QED) is 0.385. The molecule has 0 aliphatic heterocycles. The lowest BCUT2D eigenvalue weighted by molar-refractivity contribution is 0.128. The number of rotatable bonds is 6. The highest BCUT2D eigenvalue weighted by Crippen LogP contribution is 2.17. The van der Waals surface area contributed by atoms with Crippen LogP contribution >= 0.6 is 0 Å². The maximum atomic E-state index is 5.62. The Labute approximate surface area is 162 Å². The number of aromatic nitrogens is 5. The zero-order valence-corrected chi connectivity index (χ0v) is 15.3. The van der Waals surface area contributed by atoms with Gasteiger partial charge in [-0.1, -0.05) is 71.9 Å². The van der Waals surface area contributed by atoms with Gasteiger partial charge in [-0.2, -0.15) is 0 Å². The predicted octanol–water partition coefficient (Wildman–Crippen LogP) is 3.24. The third-order valence-corrected chi connectivity index (χ3v) is 4.12. The molecule has 0 N–H and O–H groups in total. The molecule has 0 saturated carbocycles. The summed E-state index contributed by atoms with van der Waals surface area (Å²) in [6.07, 6.45) is 0. The Morgan fingerprint density at radius 1 is 0.929 bits per heavy atom. The zero-order chi connectivity index (χ0) is 19.2. The summed E-state index contributed by atoms with van der Waals surface area (Å²) in [5, 5.41) is 15.9. The lowest BCUT2D eigenvalue weighted by Crippen LogP contribution is -2.12. The van der Waals surface area contributed by atoms with E-state index >= 15 is 0 Å². The molecule has 0 bridgehead atoms. The van der Waals surface area contributed by atoms with Crippen molar-refractivity contribution in [3.8, 4) is 11.3 Å². The highest BCUT2D eigenvalue weighted by molar-refractivity contribution is 6.10. The molecule has 0 aliphatic rings. The van der Waals surface area contributed by atoms with Gasteiger partial charge in [-0.05, 0) is 22.6 Å². The summed E-state index contributed by atoms with van der Waals surface area (Å²) in [5.41, 5.74) is 4.17. The second-order valence-corrected chi connectivity index (χ2v) is 6.09. The average molecular weight is 370 g/mol. The van der Waals surface area contributed by atoms with Crippen molar-refractivity contribution in [1.29, 1.82) is 0 Å². The van der Waals surface area contributed by atoms with Crippen molar-refractivity contribution in [3.63, 3.8) is 0 Å². The van der Waals surface area contributed by atoms with E-state index in [-0.39, 0.29) is 6.61 Å². The summed E-state index contributed by atoms with van der Waals surface area (Å²) >= 11 is 0. The molecular formula is C21H18N6O. The van der Waals surface area contributed by atoms with E-state index in [1.165, 1.54) is 0 Å². The summed E-state index contributed by atoms with van der Waals surface area (Å²) in [7, 11) is 1.76. The zero-order valence-electron chi connectivity index (χ0n) is 15.3. The summed E-state index contributed by atoms with van der Waals surface area (Å²) in [6.45, 7) is 0.238. The number of aryl methyl sites for hydroxylation is 1. The third kappa shape index (κ3) is 3.93. The SMILES string of the molecule is Cn1nnnc1/C(=N/OCc1cccc(-c2ccccc2)n1)c1ccccc1. The lowest BCUT2D eigenvalue weighted by atomic mass is 10.1. The molecule has 2 heterocycles. The molecule has 0 aliphatic carbocycles. The van der Waals surface area contributed by atoms with Crippen molar-refractivity contribution < 1.29 is 4.84 Å². The Balaban J connectivity index is 1.56. The summed E-state index contributed by atoms with van der Waals surface area (Å²) in [4.78, 5) is 10.3. The van der Waals surface area contributed by atoms with E-state index in [1.807, 2.05) is 78.9 Å².